The number of rotatable bonds is 9. The number of hydrogen-bond acceptors (Lipinski definition) is 4. The molecule has 2 heterocycles. The smallest absolute Gasteiger partial charge is 0.0942 e. The molecule has 0 aromatic heterocycles. The van der Waals surface area contributed by atoms with Crippen LogP contribution in [0.25, 0.3) is 0 Å². The third-order valence-electron chi connectivity index (χ3n) is 7.52. The zero-order chi connectivity index (χ0) is 26.0. The topological polar surface area (TPSA) is 13.0 Å². The molecule has 194 valence electrons. The van der Waals surface area contributed by atoms with Crippen molar-refractivity contribution in [1.82, 2.24) is 9.80 Å². The van der Waals surface area contributed by atoms with Gasteiger partial charge in [0, 0.05) is 49.3 Å². The summed E-state index contributed by atoms with van der Waals surface area (Å²) >= 11 is 0. The lowest BCUT2D eigenvalue weighted by atomic mass is 9.92. The van der Waals surface area contributed by atoms with E-state index in [2.05, 4.69) is 136 Å². The van der Waals surface area contributed by atoms with Crippen molar-refractivity contribution in [1.29, 1.82) is 0 Å². The van der Waals surface area contributed by atoms with Crippen LogP contribution in [0.2, 0.25) is 0 Å². The summed E-state index contributed by atoms with van der Waals surface area (Å²) in [6.45, 7) is 22.2. The van der Waals surface area contributed by atoms with Crippen molar-refractivity contribution in [3.8, 4) is 0 Å². The Bertz CT molecular complexity index is 955. The number of benzene rings is 2. The predicted molar refractivity (Wildman–Crippen MR) is 156 cm³/mol. The van der Waals surface area contributed by atoms with E-state index in [1.165, 1.54) is 33.6 Å². The Balaban J connectivity index is 1.41. The van der Waals surface area contributed by atoms with Crippen LogP contribution in [0.5, 0.6) is 0 Å². The normalized spacial score (nSPS) is 15.8. The quantitative estimate of drug-likeness (QED) is 0.356. The molecule has 2 aromatic carbocycles. The molecule has 0 unspecified atom stereocenters. The molecule has 36 heavy (non-hydrogen) atoms. The minimum atomic E-state index is 0.506. The van der Waals surface area contributed by atoms with Gasteiger partial charge >= 0.3 is 0 Å². The van der Waals surface area contributed by atoms with Gasteiger partial charge in [-0.2, -0.15) is 0 Å². The lowest BCUT2D eigenvalue weighted by molar-refractivity contribution is 0.322. The molecule has 0 spiro atoms. The Morgan fingerprint density at radius 3 is 1.08 bits per heavy atom. The maximum Gasteiger partial charge on any atom is 0.0942 e. The van der Waals surface area contributed by atoms with E-state index in [1.54, 1.807) is 0 Å². The first kappa shape index (κ1) is 26.2. The van der Waals surface area contributed by atoms with Crippen LogP contribution in [0.1, 0.15) is 101 Å². The molecule has 4 rings (SSSR count). The SMILES string of the molecule is CC(C)c1cccc(C(C)C)c1N1C=CN(CCN2C=CN(c3c(C(C)C)cccc3C(C)C)C2)C1. The predicted octanol–water partition coefficient (Wildman–Crippen LogP) is 7.98. The molecule has 0 radical (unpaired) electrons. The van der Waals surface area contributed by atoms with Crippen LogP contribution in [0.3, 0.4) is 0 Å². The van der Waals surface area contributed by atoms with Gasteiger partial charge in [-0.1, -0.05) is 91.8 Å². The number of para-hydroxylation sites is 2. The fraction of sp³-hybridized carbons (Fsp3) is 0.500. The molecule has 0 atom stereocenters. The van der Waals surface area contributed by atoms with Gasteiger partial charge in [0.25, 0.3) is 0 Å². The zero-order valence-corrected chi connectivity index (χ0v) is 23.7. The van der Waals surface area contributed by atoms with Crippen LogP contribution in [0.15, 0.2) is 61.2 Å². The first-order chi connectivity index (χ1) is 17.2. The van der Waals surface area contributed by atoms with Crippen LogP contribution in [0.4, 0.5) is 11.4 Å². The largest absolute Gasteiger partial charge is 0.356 e. The minimum Gasteiger partial charge on any atom is -0.356 e. The Labute approximate surface area is 219 Å². The van der Waals surface area contributed by atoms with Gasteiger partial charge in [-0.15, -0.1) is 0 Å². The van der Waals surface area contributed by atoms with Gasteiger partial charge in [-0.05, 0) is 45.9 Å². The maximum absolute atomic E-state index is 2.45. The molecule has 0 aliphatic carbocycles. The van der Waals surface area contributed by atoms with E-state index < -0.39 is 0 Å². The fourth-order valence-corrected chi connectivity index (χ4v) is 5.45. The summed E-state index contributed by atoms with van der Waals surface area (Å²) in [6, 6.07) is 13.6. The second-order valence-corrected chi connectivity index (χ2v) is 11.6. The van der Waals surface area contributed by atoms with Gasteiger partial charge in [-0.3, -0.25) is 0 Å². The number of nitrogens with zero attached hydrogens (tertiary/aromatic N) is 4. The van der Waals surface area contributed by atoms with E-state index in [4.69, 9.17) is 0 Å². The van der Waals surface area contributed by atoms with E-state index in [0.717, 1.165) is 26.4 Å². The maximum atomic E-state index is 2.45. The van der Waals surface area contributed by atoms with E-state index in [9.17, 15) is 0 Å². The monoisotopic (exact) mass is 486 g/mol. The first-order valence-corrected chi connectivity index (χ1v) is 13.8. The van der Waals surface area contributed by atoms with Crippen LogP contribution in [-0.4, -0.2) is 36.2 Å². The van der Waals surface area contributed by atoms with Crippen LogP contribution in [0, 0.1) is 0 Å². The summed E-state index contributed by atoms with van der Waals surface area (Å²) in [5.41, 5.74) is 8.57. The van der Waals surface area contributed by atoms with Crippen molar-refractivity contribution < 1.29 is 0 Å². The van der Waals surface area contributed by atoms with Gasteiger partial charge in [0.1, 0.15) is 0 Å². The highest BCUT2D eigenvalue weighted by molar-refractivity contribution is 5.65. The molecule has 0 N–H and O–H groups in total. The Morgan fingerprint density at radius 2 is 0.806 bits per heavy atom. The molecule has 0 amide bonds. The van der Waals surface area contributed by atoms with Crippen molar-refractivity contribution in [3.05, 3.63) is 83.5 Å². The van der Waals surface area contributed by atoms with Gasteiger partial charge in [0.15, 0.2) is 0 Å². The van der Waals surface area contributed by atoms with Gasteiger partial charge in [-0.25, -0.2) is 0 Å². The number of anilines is 2. The summed E-state index contributed by atoms with van der Waals surface area (Å²) in [5.74, 6) is 2.02. The van der Waals surface area contributed by atoms with Crippen molar-refractivity contribution >= 4 is 11.4 Å². The van der Waals surface area contributed by atoms with E-state index in [1.807, 2.05) is 0 Å². The Morgan fingerprint density at radius 1 is 0.500 bits per heavy atom. The molecule has 0 fully saturated rings. The van der Waals surface area contributed by atoms with E-state index in [0.29, 0.717) is 23.7 Å². The van der Waals surface area contributed by atoms with Crippen molar-refractivity contribution in [3.63, 3.8) is 0 Å². The summed E-state index contributed by atoms with van der Waals surface area (Å²) < 4.78 is 0. The van der Waals surface area contributed by atoms with E-state index >= 15 is 0 Å². The third-order valence-corrected chi connectivity index (χ3v) is 7.52. The molecule has 4 nitrogen and oxygen atoms in total. The van der Waals surface area contributed by atoms with Gasteiger partial charge < -0.3 is 19.6 Å². The lowest BCUT2D eigenvalue weighted by Gasteiger charge is -2.30. The van der Waals surface area contributed by atoms with Crippen molar-refractivity contribution in [2.75, 3.05) is 36.2 Å². The standard InChI is InChI=1S/C32H46N4/c1-23(2)27-11-9-12-28(24(3)4)31(27)35-19-17-33(21-35)15-16-34-18-20-36(22-34)32-29(25(5)6)13-10-14-30(32)26(7)8/h9-14,17-20,23-26H,15-16,21-22H2,1-8H3. The van der Waals surface area contributed by atoms with Crippen LogP contribution in [-0.2, 0) is 0 Å². The van der Waals surface area contributed by atoms with Crippen molar-refractivity contribution in [2.24, 2.45) is 0 Å². The lowest BCUT2D eigenvalue weighted by Crippen LogP contribution is -2.34. The zero-order valence-electron chi connectivity index (χ0n) is 23.7. The number of hydrogen-bond donors (Lipinski definition) is 0. The average Bonchev–Trinajstić information content (AvgIpc) is 3.51. The summed E-state index contributed by atoms with van der Waals surface area (Å²) in [7, 11) is 0. The first-order valence-electron chi connectivity index (χ1n) is 13.8. The second kappa shape index (κ2) is 11.0. The van der Waals surface area contributed by atoms with Gasteiger partial charge in [0.2, 0.25) is 0 Å². The van der Waals surface area contributed by atoms with Gasteiger partial charge in [0.05, 0.1) is 13.3 Å². The molecule has 2 aliphatic heterocycles. The summed E-state index contributed by atoms with van der Waals surface area (Å²) in [5, 5.41) is 0. The summed E-state index contributed by atoms with van der Waals surface area (Å²) in [6.07, 6.45) is 9.08. The highest BCUT2D eigenvalue weighted by atomic mass is 15.4. The minimum absolute atomic E-state index is 0.506. The molecule has 0 bridgehead atoms. The molecular weight excluding hydrogens is 440 g/mol. The van der Waals surface area contributed by atoms with Crippen LogP contribution >= 0.6 is 0 Å². The average molecular weight is 487 g/mol. The van der Waals surface area contributed by atoms with Crippen molar-refractivity contribution in [2.45, 2.75) is 79.1 Å². The molecular formula is C32H46N4. The fourth-order valence-electron chi connectivity index (χ4n) is 5.45. The second-order valence-electron chi connectivity index (χ2n) is 11.6. The molecule has 0 saturated heterocycles. The summed E-state index contributed by atoms with van der Waals surface area (Å²) in [4.78, 5) is 9.79. The Hall–Kier alpha value is -2.88. The highest BCUT2D eigenvalue weighted by Crippen LogP contribution is 2.38. The van der Waals surface area contributed by atoms with E-state index in [-0.39, 0.29) is 0 Å². The molecule has 2 aromatic rings. The van der Waals surface area contributed by atoms with Crippen LogP contribution < -0.4 is 9.80 Å². The highest BCUT2D eigenvalue weighted by Gasteiger charge is 2.24. The Kier molecular flexibility index (Phi) is 8.02. The molecule has 4 heteroatoms. The molecule has 0 saturated carbocycles. The molecule has 2 aliphatic rings. The third kappa shape index (κ3) is 5.43.